The van der Waals surface area contributed by atoms with Gasteiger partial charge >= 0.3 is 0 Å². The van der Waals surface area contributed by atoms with Gasteiger partial charge in [-0.05, 0) is 17.2 Å². The third-order valence-corrected chi connectivity index (χ3v) is 4.36. The maximum absolute atomic E-state index is 11.9. The lowest BCUT2D eigenvalue weighted by molar-refractivity contribution is 0.112. The van der Waals surface area contributed by atoms with Crippen molar-refractivity contribution in [2.75, 3.05) is 0 Å². The lowest BCUT2D eigenvalue weighted by Crippen LogP contribution is -2.02. The van der Waals surface area contributed by atoms with Crippen LogP contribution < -0.4 is 0 Å². The van der Waals surface area contributed by atoms with E-state index in [9.17, 15) is 4.79 Å². The Bertz CT molecular complexity index is 985. The Morgan fingerprint density at radius 2 is 1.38 bits per heavy atom. The molecule has 2 nitrogen and oxygen atoms in total. The predicted octanol–water partition coefficient (Wildman–Crippen LogP) is 5.17. The van der Waals surface area contributed by atoms with E-state index in [1.807, 2.05) is 54.6 Å². The minimum Gasteiger partial charge on any atom is -0.335 e. The maximum Gasteiger partial charge on any atom is 0.152 e. The summed E-state index contributed by atoms with van der Waals surface area (Å²) in [7, 11) is 0. The topological polar surface area (TPSA) is 22.0 Å². The smallest absolute Gasteiger partial charge is 0.152 e. The first kappa shape index (κ1) is 14.5. The molecular weight excluding hydrogens is 294 g/mol. The van der Waals surface area contributed by atoms with Crippen molar-refractivity contribution < 1.29 is 4.79 Å². The molecule has 4 aromatic rings. The first-order valence-electron chi connectivity index (χ1n) is 8.04. The maximum atomic E-state index is 11.9. The number of aromatic nitrogens is 1. The van der Waals surface area contributed by atoms with E-state index in [0.717, 1.165) is 40.6 Å². The minimum atomic E-state index is 0.736. The van der Waals surface area contributed by atoms with Crippen molar-refractivity contribution in [2.45, 2.75) is 6.54 Å². The quantitative estimate of drug-likeness (QED) is 0.477. The van der Waals surface area contributed by atoms with E-state index in [4.69, 9.17) is 0 Å². The molecule has 0 amide bonds. The number of carbonyl (C=O) groups excluding carboxylic acids is 1. The van der Waals surface area contributed by atoms with Gasteiger partial charge in [-0.2, -0.15) is 0 Å². The molecule has 1 aromatic heterocycles. The molecule has 0 aliphatic heterocycles. The van der Waals surface area contributed by atoms with Gasteiger partial charge in [0.05, 0.1) is 5.69 Å². The Labute approximate surface area is 141 Å². The van der Waals surface area contributed by atoms with Crippen LogP contribution in [-0.4, -0.2) is 10.9 Å². The highest BCUT2D eigenvalue weighted by atomic mass is 16.1. The van der Waals surface area contributed by atoms with E-state index >= 15 is 0 Å². The number of benzene rings is 3. The first-order chi connectivity index (χ1) is 11.9. The Hall–Kier alpha value is -3.13. The van der Waals surface area contributed by atoms with Crippen molar-refractivity contribution in [3.8, 4) is 11.3 Å². The lowest BCUT2D eigenvalue weighted by Gasteiger charge is -2.12. The molecule has 0 unspecified atom stereocenters. The number of hydrogen-bond donors (Lipinski definition) is 0. The third-order valence-electron chi connectivity index (χ3n) is 4.36. The second kappa shape index (κ2) is 6.17. The van der Waals surface area contributed by atoms with Crippen LogP contribution in [0.2, 0.25) is 0 Å². The van der Waals surface area contributed by atoms with E-state index in [0.29, 0.717) is 0 Å². The largest absolute Gasteiger partial charge is 0.335 e. The Morgan fingerprint density at radius 1 is 0.750 bits per heavy atom. The van der Waals surface area contributed by atoms with Crippen molar-refractivity contribution in [1.82, 2.24) is 4.57 Å². The van der Waals surface area contributed by atoms with Crippen LogP contribution >= 0.6 is 0 Å². The van der Waals surface area contributed by atoms with Crippen molar-refractivity contribution in [3.05, 3.63) is 96.1 Å². The standard InChI is InChI=1S/C22H17NO/c24-16-20-19-13-7-8-14-21(19)23(15-17-9-3-1-4-10-17)22(20)18-11-5-2-6-12-18/h1-14,16H,15H2. The van der Waals surface area contributed by atoms with E-state index in [-0.39, 0.29) is 0 Å². The zero-order chi connectivity index (χ0) is 16.4. The summed E-state index contributed by atoms with van der Waals surface area (Å²) in [5.74, 6) is 0. The summed E-state index contributed by atoms with van der Waals surface area (Å²) < 4.78 is 2.24. The van der Waals surface area contributed by atoms with Crippen LogP contribution in [0, 0.1) is 0 Å². The predicted molar refractivity (Wildman–Crippen MR) is 98.3 cm³/mol. The van der Waals surface area contributed by atoms with E-state index < -0.39 is 0 Å². The average Bonchev–Trinajstić information content (AvgIpc) is 2.97. The molecule has 0 atom stereocenters. The summed E-state index contributed by atoms with van der Waals surface area (Å²) in [5, 5.41) is 1.00. The van der Waals surface area contributed by atoms with Crippen LogP contribution in [0.3, 0.4) is 0 Å². The SMILES string of the molecule is O=Cc1c(-c2ccccc2)n(Cc2ccccc2)c2ccccc12. The van der Waals surface area contributed by atoms with Gasteiger partial charge in [0.1, 0.15) is 0 Å². The Morgan fingerprint density at radius 3 is 2.08 bits per heavy atom. The number of rotatable bonds is 4. The summed E-state index contributed by atoms with van der Waals surface area (Å²) in [5.41, 5.74) is 5.10. The average molecular weight is 311 g/mol. The highest BCUT2D eigenvalue weighted by molar-refractivity contribution is 6.05. The molecule has 0 aliphatic carbocycles. The zero-order valence-electron chi connectivity index (χ0n) is 13.2. The second-order valence-corrected chi connectivity index (χ2v) is 5.84. The molecule has 0 saturated heterocycles. The molecule has 3 aromatic carbocycles. The van der Waals surface area contributed by atoms with E-state index in [2.05, 4.69) is 34.9 Å². The molecule has 0 saturated carbocycles. The van der Waals surface area contributed by atoms with Crippen LogP contribution in [0.25, 0.3) is 22.2 Å². The molecule has 0 aliphatic rings. The zero-order valence-corrected chi connectivity index (χ0v) is 13.2. The van der Waals surface area contributed by atoms with E-state index in [1.165, 1.54) is 5.56 Å². The fourth-order valence-corrected chi connectivity index (χ4v) is 3.29. The van der Waals surface area contributed by atoms with Gasteiger partial charge in [-0.25, -0.2) is 0 Å². The third kappa shape index (κ3) is 2.42. The van der Waals surface area contributed by atoms with Gasteiger partial charge in [-0.15, -0.1) is 0 Å². The second-order valence-electron chi connectivity index (χ2n) is 5.84. The summed E-state index contributed by atoms with van der Waals surface area (Å²) in [6.45, 7) is 0.736. The van der Waals surface area contributed by atoms with Crippen molar-refractivity contribution in [2.24, 2.45) is 0 Å². The van der Waals surface area contributed by atoms with Crippen molar-refractivity contribution in [1.29, 1.82) is 0 Å². The van der Waals surface area contributed by atoms with Crippen LogP contribution in [0.15, 0.2) is 84.9 Å². The molecule has 0 fully saturated rings. The fraction of sp³-hybridized carbons (Fsp3) is 0.0455. The van der Waals surface area contributed by atoms with Crippen LogP contribution in [0.5, 0.6) is 0 Å². The van der Waals surface area contributed by atoms with Gasteiger partial charge in [0.25, 0.3) is 0 Å². The summed E-state index contributed by atoms with van der Waals surface area (Å²) >= 11 is 0. The number of para-hydroxylation sites is 1. The van der Waals surface area contributed by atoms with Crippen molar-refractivity contribution >= 4 is 17.2 Å². The molecule has 1 heterocycles. The summed E-state index contributed by atoms with van der Waals surface area (Å²) in [6, 6.07) is 28.6. The molecule has 24 heavy (non-hydrogen) atoms. The minimum absolute atomic E-state index is 0.736. The molecule has 0 spiro atoms. The van der Waals surface area contributed by atoms with Crippen molar-refractivity contribution in [3.63, 3.8) is 0 Å². The molecule has 0 bridgehead atoms. The molecule has 0 radical (unpaired) electrons. The van der Waals surface area contributed by atoms with Crippen LogP contribution in [0.4, 0.5) is 0 Å². The lowest BCUT2D eigenvalue weighted by atomic mass is 10.1. The van der Waals surface area contributed by atoms with Gasteiger partial charge in [-0.3, -0.25) is 4.79 Å². The highest BCUT2D eigenvalue weighted by Gasteiger charge is 2.17. The molecule has 4 rings (SSSR count). The first-order valence-corrected chi connectivity index (χ1v) is 8.04. The Balaban J connectivity index is 2.01. The van der Waals surface area contributed by atoms with Gasteiger partial charge in [0.2, 0.25) is 0 Å². The van der Waals surface area contributed by atoms with Crippen LogP contribution in [-0.2, 0) is 6.54 Å². The number of aldehydes is 1. The molecule has 116 valence electrons. The number of fused-ring (bicyclic) bond motifs is 1. The van der Waals surface area contributed by atoms with Gasteiger partial charge < -0.3 is 4.57 Å². The number of nitrogens with zero attached hydrogens (tertiary/aromatic N) is 1. The van der Waals surface area contributed by atoms with E-state index in [1.54, 1.807) is 0 Å². The summed E-state index contributed by atoms with van der Waals surface area (Å²) in [4.78, 5) is 11.9. The fourth-order valence-electron chi connectivity index (χ4n) is 3.29. The normalized spacial score (nSPS) is 10.8. The van der Waals surface area contributed by atoms with Crippen LogP contribution in [0.1, 0.15) is 15.9 Å². The van der Waals surface area contributed by atoms with Gasteiger partial charge in [0, 0.05) is 23.0 Å². The Kier molecular flexibility index (Phi) is 3.72. The highest BCUT2D eigenvalue weighted by Crippen LogP contribution is 2.33. The molecular formula is C22H17NO. The van der Waals surface area contributed by atoms with Gasteiger partial charge in [-0.1, -0.05) is 78.9 Å². The number of hydrogen-bond acceptors (Lipinski definition) is 1. The molecule has 2 heteroatoms. The molecule has 0 N–H and O–H groups in total. The van der Waals surface area contributed by atoms with Gasteiger partial charge in [0.15, 0.2) is 6.29 Å². The monoisotopic (exact) mass is 311 g/mol. The number of carbonyl (C=O) groups is 1. The summed E-state index contributed by atoms with van der Waals surface area (Å²) in [6.07, 6.45) is 0.978.